The molecule has 0 aliphatic rings. The van der Waals surface area contributed by atoms with Crippen molar-refractivity contribution >= 4 is 11.6 Å². The normalized spacial score (nSPS) is 12.0. The Kier molecular flexibility index (Phi) is 14.5. The van der Waals surface area contributed by atoms with E-state index in [4.69, 9.17) is 0 Å². The van der Waals surface area contributed by atoms with E-state index in [1.807, 2.05) is 0 Å². The van der Waals surface area contributed by atoms with Crippen LogP contribution in [-0.2, 0) is 9.59 Å². The molecule has 0 rings (SSSR count). The van der Waals surface area contributed by atoms with Crippen LogP contribution in [0, 0.1) is 0 Å². The number of ketones is 2. The van der Waals surface area contributed by atoms with Gasteiger partial charge >= 0.3 is 12.0 Å². The second kappa shape index (κ2) is 15.2. The quantitative estimate of drug-likeness (QED) is 0.173. The van der Waals surface area contributed by atoms with Gasteiger partial charge in [-0.2, -0.15) is 13.2 Å². The molecular formula is C20H33F3O2. The summed E-state index contributed by atoms with van der Waals surface area (Å²) in [7, 11) is 0. The number of carbonyl (C=O) groups is 2. The Morgan fingerprint density at radius 3 is 1.64 bits per heavy atom. The first-order chi connectivity index (χ1) is 11.9. The predicted molar refractivity (Wildman–Crippen MR) is 95.5 cm³/mol. The summed E-state index contributed by atoms with van der Waals surface area (Å²) in [5.41, 5.74) is 0. The Hall–Kier alpha value is -1.13. The van der Waals surface area contributed by atoms with Crippen molar-refractivity contribution in [3.8, 4) is 0 Å². The first-order valence-electron chi connectivity index (χ1n) is 9.69. The molecule has 0 unspecified atom stereocenters. The molecule has 0 radical (unpaired) electrons. The third-order valence-electron chi connectivity index (χ3n) is 4.18. The van der Waals surface area contributed by atoms with E-state index >= 15 is 0 Å². The zero-order valence-corrected chi connectivity index (χ0v) is 15.5. The van der Waals surface area contributed by atoms with Gasteiger partial charge in [-0.1, -0.05) is 70.4 Å². The summed E-state index contributed by atoms with van der Waals surface area (Å²) in [6.07, 6.45) is 13.1. The van der Waals surface area contributed by atoms with Gasteiger partial charge < -0.3 is 0 Å². The largest absolute Gasteiger partial charge is 0.458 e. The average Bonchev–Trinajstić information content (AvgIpc) is 2.56. The number of halogens is 3. The van der Waals surface area contributed by atoms with Crippen molar-refractivity contribution in [2.75, 3.05) is 0 Å². The fraction of sp³-hybridized carbons (Fsp3) is 0.800. The number of hydrogen-bond acceptors (Lipinski definition) is 2. The molecular weight excluding hydrogens is 329 g/mol. The maximum Gasteiger partial charge on any atom is 0.458 e. The van der Waals surface area contributed by atoms with Gasteiger partial charge in [0.15, 0.2) is 0 Å². The van der Waals surface area contributed by atoms with Crippen LogP contribution in [-0.4, -0.2) is 17.7 Å². The maximum atomic E-state index is 12.0. The van der Waals surface area contributed by atoms with E-state index in [-0.39, 0.29) is 6.42 Å². The number of carbonyl (C=O) groups excluding carboxylic acids is 2. The Labute approximate surface area is 150 Å². The van der Waals surface area contributed by atoms with Crippen molar-refractivity contribution in [1.29, 1.82) is 0 Å². The van der Waals surface area contributed by atoms with Crippen LogP contribution in [0.25, 0.3) is 0 Å². The lowest BCUT2D eigenvalue weighted by Crippen LogP contribution is -2.30. The van der Waals surface area contributed by atoms with Gasteiger partial charge in [-0.3, -0.25) is 9.59 Å². The van der Waals surface area contributed by atoms with Crippen molar-refractivity contribution in [2.45, 2.75) is 103 Å². The molecule has 0 amide bonds. The zero-order valence-electron chi connectivity index (χ0n) is 15.5. The number of allylic oxidation sites excluding steroid dienone is 2. The van der Waals surface area contributed by atoms with Gasteiger partial charge in [0.1, 0.15) is 0 Å². The third kappa shape index (κ3) is 14.9. The lowest BCUT2D eigenvalue weighted by Gasteiger charge is -2.04. The van der Waals surface area contributed by atoms with Crippen LogP contribution in [0.4, 0.5) is 13.2 Å². The van der Waals surface area contributed by atoms with E-state index in [9.17, 15) is 22.8 Å². The minimum absolute atomic E-state index is 0.295. The molecule has 0 aromatic carbocycles. The molecule has 25 heavy (non-hydrogen) atoms. The third-order valence-corrected chi connectivity index (χ3v) is 4.18. The van der Waals surface area contributed by atoms with E-state index in [0.717, 1.165) is 32.1 Å². The van der Waals surface area contributed by atoms with E-state index in [2.05, 4.69) is 19.1 Å². The Bertz CT molecular complexity index is 387. The first-order valence-corrected chi connectivity index (χ1v) is 9.69. The highest BCUT2D eigenvalue weighted by Gasteiger charge is 2.42. The monoisotopic (exact) mass is 362 g/mol. The van der Waals surface area contributed by atoms with Crippen LogP contribution in [0.1, 0.15) is 96.8 Å². The molecule has 0 saturated heterocycles. The van der Waals surface area contributed by atoms with Crippen LogP contribution in [0.3, 0.4) is 0 Å². The summed E-state index contributed by atoms with van der Waals surface area (Å²) in [6.45, 7) is 2.22. The smallest absolute Gasteiger partial charge is 0.291 e. The van der Waals surface area contributed by atoms with E-state index in [1.54, 1.807) is 0 Å². The summed E-state index contributed by atoms with van der Waals surface area (Å²) in [5, 5.41) is 0. The van der Waals surface area contributed by atoms with Crippen LogP contribution < -0.4 is 0 Å². The Morgan fingerprint density at radius 1 is 0.720 bits per heavy atom. The molecule has 0 spiro atoms. The SMILES string of the molecule is CCCCCCCCC=CCCCCCCCC(=O)C(=O)C(F)(F)F. The maximum absolute atomic E-state index is 12.0. The highest BCUT2D eigenvalue weighted by atomic mass is 19.4. The van der Waals surface area contributed by atoms with Crippen LogP contribution in [0.2, 0.25) is 0 Å². The minimum atomic E-state index is -5.03. The number of alkyl halides is 3. The molecule has 0 aromatic heterocycles. The van der Waals surface area contributed by atoms with Gasteiger partial charge in [0.05, 0.1) is 0 Å². The van der Waals surface area contributed by atoms with Crippen LogP contribution in [0.15, 0.2) is 12.2 Å². The van der Waals surface area contributed by atoms with Crippen LogP contribution in [0.5, 0.6) is 0 Å². The summed E-state index contributed by atoms with van der Waals surface area (Å²) in [6, 6.07) is 0. The van der Waals surface area contributed by atoms with Gasteiger partial charge in [0.2, 0.25) is 5.78 Å². The summed E-state index contributed by atoms with van der Waals surface area (Å²) in [4.78, 5) is 21.7. The molecule has 0 fully saturated rings. The molecule has 0 bridgehead atoms. The summed E-state index contributed by atoms with van der Waals surface area (Å²) in [5.74, 6) is -3.53. The van der Waals surface area contributed by atoms with Crippen molar-refractivity contribution in [3.63, 3.8) is 0 Å². The number of unbranched alkanes of at least 4 members (excludes halogenated alkanes) is 11. The van der Waals surface area contributed by atoms with E-state index in [0.29, 0.717) is 12.8 Å². The van der Waals surface area contributed by atoms with Gasteiger partial charge in [0.25, 0.3) is 0 Å². The average molecular weight is 362 g/mol. The molecule has 0 saturated carbocycles. The summed E-state index contributed by atoms with van der Waals surface area (Å²) < 4.78 is 36.1. The molecule has 0 heterocycles. The van der Waals surface area contributed by atoms with Gasteiger partial charge in [-0.25, -0.2) is 0 Å². The van der Waals surface area contributed by atoms with Crippen molar-refractivity contribution in [3.05, 3.63) is 12.2 Å². The van der Waals surface area contributed by atoms with E-state index in [1.165, 1.54) is 38.5 Å². The lowest BCUT2D eigenvalue weighted by atomic mass is 10.1. The molecule has 0 aromatic rings. The molecule has 0 atom stereocenters. The summed E-state index contributed by atoms with van der Waals surface area (Å²) >= 11 is 0. The predicted octanol–water partition coefficient (Wildman–Crippen LogP) is 6.72. The van der Waals surface area contributed by atoms with Gasteiger partial charge in [-0.15, -0.1) is 0 Å². The zero-order chi connectivity index (χ0) is 19.0. The number of Topliss-reactive ketones (excluding diaryl/α,β-unsaturated/α-hetero) is 2. The molecule has 0 aliphatic carbocycles. The minimum Gasteiger partial charge on any atom is -0.291 e. The second-order valence-electron chi connectivity index (χ2n) is 6.58. The Morgan fingerprint density at radius 2 is 1.16 bits per heavy atom. The Balaban J connectivity index is 3.37. The number of rotatable bonds is 16. The molecule has 0 aliphatic heterocycles. The van der Waals surface area contributed by atoms with Crippen molar-refractivity contribution in [2.24, 2.45) is 0 Å². The molecule has 5 heteroatoms. The number of hydrogen-bond donors (Lipinski definition) is 0. The topological polar surface area (TPSA) is 34.1 Å². The fourth-order valence-electron chi connectivity index (χ4n) is 2.63. The highest BCUT2D eigenvalue weighted by Crippen LogP contribution is 2.18. The standard InChI is InChI=1S/C20H33F3O2/c1-2-3-4-5-6-7-8-9-10-11-12-13-14-15-16-17-18(24)19(25)20(21,22)23/h9-10H,2-8,11-17H2,1H3. The molecule has 146 valence electrons. The van der Waals surface area contributed by atoms with Gasteiger partial charge in [-0.05, 0) is 32.1 Å². The van der Waals surface area contributed by atoms with E-state index < -0.39 is 17.7 Å². The van der Waals surface area contributed by atoms with Crippen molar-refractivity contribution in [1.82, 2.24) is 0 Å². The van der Waals surface area contributed by atoms with Gasteiger partial charge in [0, 0.05) is 6.42 Å². The fourth-order valence-corrected chi connectivity index (χ4v) is 2.63. The first kappa shape index (κ1) is 23.9. The van der Waals surface area contributed by atoms with Crippen LogP contribution >= 0.6 is 0 Å². The molecule has 2 nitrogen and oxygen atoms in total. The van der Waals surface area contributed by atoms with Crippen molar-refractivity contribution < 1.29 is 22.8 Å². The molecule has 0 N–H and O–H groups in total. The lowest BCUT2D eigenvalue weighted by molar-refractivity contribution is -0.174. The second-order valence-corrected chi connectivity index (χ2v) is 6.58. The highest BCUT2D eigenvalue weighted by molar-refractivity contribution is 6.39.